The fourth-order valence-corrected chi connectivity index (χ4v) is 3.58. The second kappa shape index (κ2) is 7.73. The topological polar surface area (TPSA) is 77.0 Å². The fourth-order valence-electron chi connectivity index (χ4n) is 2.82. The molecule has 2 aromatic rings. The van der Waals surface area contributed by atoms with Gasteiger partial charge in [0.15, 0.2) is 5.17 Å². The first-order valence-corrected chi connectivity index (χ1v) is 9.46. The molecule has 0 spiro atoms. The number of benzene rings is 2. The first-order valence-electron chi connectivity index (χ1n) is 8.48. The lowest BCUT2D eigenvalue weighted by Gasteiger charge is -2.31. The van der Waals surface area contributed by atoms with Gasteiger partial charge < -0.3 is 5.32 Å². The van der Waals surface area contributed by atoms with Gasteiger partial charge in [0.1, 0.15) is 5.82 Å². The van der Waals surface area contributed by atoms with Crippen LogP contribution in [0.2, 0.25) is 0 Å². The molecule has 0 bridgehead atoms. The number of carbonyl (C=O) groups excluding carboxylic acids is 2. The molecule has 2 aliphatic rings. The van der Waals surface area contributed by atoms with Crippen LogP contribution in [0, 0.1) is 5.82 Å². The molecule has 9 heteroatoms. The molecule has 2 aliphatic heterocycles. The Bertz CT molecular complexity index is 966. The van der Waals surface area contributed by atoms with Crippen LogP contribution in [0.4, 0.5) is 15.8 Å². The quantitative estimate of drug-likeness (QED) is 0.829. The Morgan fingerprint density at radius 3 is 2.79 bits per heavy atom. The normalized spacial score (nSPS) is 17.8. The van der Waals surface area contributed by atoms with Gasteiger partial charge in [-0.05, 0) is 30.3 Å². The predicted octanol–water partition coefficient (Wildman–Crippen LogP) is 2.52. The Balaban J connectivity index is 1.37. The summed E-state index contributed by atoms with van der Waals surface area (Å²) >= 11 is 1.19. The zero-order valence-electron chi connectivity index (χ0n) is 14.6. The number of amides is 2. The smallest absolute Gasteiger partial charge is 0.276 e. The highest BCUT2D eigenvalue weighted by Gasteiger charge is 2.38. The average molecular weight is 397 g/mol. The summed E-state index contributed by atoms with van der Waals surface area (Å²) in [4.78, 5) is 28.1. The third kappa shape index (κ3) is 3.70. The summed E-state index contributed by atoms with van der Waals surface area (Å²) in [5.74, 6) is -0.806. The largest absolute Gasteiger partial charge is 0.325 e. The number of amidine groups is 1. The van der Waals surface area contributed by atoms with Crippen LogP contribution in [-0.2, 0) is 9.59 Å². The van der Waals surface area contributed by atoms with Gasteiger partial charge in [0.2, 0.25) is 12.1 Å². The first-order chi connectivity index (χ1) is 13.6. The van der Waals surface area contributed by atoms with Gasteiger partial charge in [0.05, 0.1) is 5.75 Å². The molecular formula is C19H16FN5O2S. The standard InChI is InChI=1S/C19H16FN5O2S/c20-13-5-4-6-14(11-13)21-16(26)12-28-19-23-22-17-18(27)24(9-10-25(17)19)15-7-2-1-3-8-15/h1-11,17,22H,12H2,(H,21,26). The Hall–Kier alpha value is -3.33. The van der Waals surface area contributed by atoms with Crippen molar-refractivity contribution in [2.75, 3.05) is 16.0 Å². The number of hydrogen-bond acceptors (Lipinski definition) is 6. The minimum absolute atomic E-state index is 0.0741. The Morgan fingerprint density at radius 1 is 1.18 bits per heavy atom. The maximum Gasteiger partial charge on any atom is 0.276 e. The molecule has 2 amide bonds. The van der Waals surface area contributed by atoms with Crippen molar-refractivity contribution in [1.82, 2.24) is 10.3 Å². The number of hydrazone groups is 1. The highest BCUT2D eigenvalue weighted by atomic mass is 32.2. The van der Waals surface area contributed by atoms with Crippen molar-refractivity contribution in [1.29, 1.82) is 0 Å². The third-order valence-electron chi connectivity index (χ3n) is 4.10. The molecule has 142 valence electrons. The minimum atomic E-state index is -0.654. The molecule has 2 N–H and O–H groups in total. The molecule has 2 heterocycles. The second-order valence-corrected chi connectivity index (χ2v) is 6.96. The monoisotopic (exact) mass is 397 g/mol. The molecule has 1 unspecified atom stereocenters. The molecule has 2 aromatic carbocycles. The number of carbonyl (C=O) groups is 2. The predicted molar refractivity (Wildman–Crippen MR) is 107 cm³/mol. The second-order valence-electron chi connectivity index (χ2n) is 6.02. The van der Waals surface area contributed by atoms with Gasteiger partial charge in [-0.1, -0.05) is 36.0 Å². The van der Waals surface area contributed by atoms with Crippen LogP contribution in [0.15, 0.2) is 72.1 Å². The van der Waals surface area contributed by atoms with Crippen LogP contribution in [0.25, 0.3) is 0 Å². The SMILES string of the molecule is O=C(CSC1=NNC2C(=O)N(c3ccccc3)C=CN12)Nc1cccc(F)c1. The number of nitrogens with one attached hydrogen (secondary N) is 2. The van der Waals surface area contributed by atoms with E-state index in [-0.39, 0.29) is 17.6 Å². The minimum Gasteiger partial charge on any atom is -0.325 e. The van der Waals surface area contributed by atoms with Crippen molar-refractivity contribution < 1.29 is 14.0 Å². The number of thioether (sulfide) groups is 1. The van der Waals surface area contributed by atoms with E-state index in [9.17, 15) is 14.0 Å². The van der Waals surface area contributed by atoms with E-state index in [4.69, 9.17) is 0 Å². The van der Waals surface area contributed by atoms with Gasteiger partial charge in [0.25, 0.3) is 5.91 Å². The van der Waals surface area contributed by atoms with Crippen LogP contribution < -0.4 is 15.6 Å². The summed E-state index contributed by atoms with van der Waals surface area (Å²) in [6, 6.07) is 15.0. The lowest BCUT2D eigenvalue weighted by atomic mass is 10.2. The van der Waals surface area contributed by atoms with Crippen molar-refractivity contribution >= 4 is 40.1 Å². The molecule has 0 aromatic heterocycles. The van der Waals surface area contributed by atoms with Gasteiger partial charge in [-0.3, -0.25) is 24.8 Å². The molecule has 4 rings (SSSR count). The van der Waals surface area contributed by atoms with Crippen LogP contribution in [0.1, 0.15) is 0 Å². The van der Waals surface area contributed by atoms with E-state index < -0.39 is 12.0 Å². The Labute approximate surface area is 164 Å². The van der Waals surface area contributed by atoms with Crippen molar-refractivity contribution in [3.63, 3.8) is 0 Å². The number of nitrogens with zero attached hydrogens (tertiary/aromatic N) is 3. The van der Waals surface area contributed by atoms with Crippen molar-refractivity contribution in [2.45, 2.75) is 6.17 Å². The van der Waals surface area contributed by atoms with E-state index in [1.807, 2.05) is 30.3 Å². The summed E-state index contributed by atoms with van der Waals surface area (Å²) in [6.07, 6.45) is 2.76. The van der Waals surface area contributed by atoms with Gasteiger partial charge in [-0.2, -0.15) is 5.10 Å². The molecule has 0 saturated heterocycles. The summed E-state index contributed by atoms with van der Waals surface area (Å²) < 4.78 is 13.2. The van der Waals surface area contributed by atoms with E-state index >= 15 is 0 Å². The summed E-state index contributed by atoms with van der Waals surface area (Å²) in [5, 5.41) is 7.31. The molecule has 0 saturated carbocycles. The lowest BCUT2D eigenvalue weighted by Crippen LogP contribution is -2.52. The van der Waals surface area contributed by atoms with Gasteiger partial charge in [0, 0.05) is 23.8 Å². The molecule has 0 aliphatic carbocycles. The molecule has 0 fully saturated rings. The zero-order valence-corrected chi connectivity index (χ0v) is 15.4. The Kier molecular flexibility index (Phi) is 4.98. The van der Waals surface area contributed by atoms with Crippen LogP contribution in [-0.4, -0.2) is 33.8 Å². The Morgan fingerprint density at radius 2 is 2.00 bits per heavy atom. The van der Waals surface area contributed by atoms with E-state index in [0.29, 0.717) is 10.9 Å². The molecule has 7 nitrogen and oxygen atoms in total. The van der Waals surface area contributed by atoms with Crippen LogP contribution >= 0.6 is 11.8 Å². The summed E-state index contributed by atoms with van der Waals surface area (Å²) in [5.41, 5.74) is 3.96. The third-order valence-corrected chi connectivity index (χ3v) is 5.07. The summed E-state index contributed by atoms with van der Waals surface area (Å²) in [6.45, 7) is 0. The van der Waals surface area contributed by atoms with Crippen LogP contribution in [0.5, 0.6) is 0 Å². The van der Waals surface area contributed by atoms with Gasteiger partial charge in [-0.15, -0.1) is 0 Å². The van der Waals surface area contributed by atoms with Crippen molar-refractivity contribution in [3.8, 4) is 0 Å². The van der Waals surface area contributed by atoms with E-state index in [1.165, 1.54) is 30.0 Å². The number of halogens is 1. The summed E-state index contributed by atoms with van der Waals surface area (Å²) in [7, 11) is 0. The molecule has 28 heavy (non-hydrogen) atoms. The van der Waals surface area contributed by atoms with Crippen LogP contribution in [0.3, 0.4) is 0 Å². The molecule has 1 atom stereocenters. The number of rotatable bonds is 4. The number of fused-ring (bicyclic) bond motifs is 1. The van der Waals surface area contributed by atoms with E-state index in [1.54, 1.807) is 28.3 Å². The fraction of sp³-hybridized carbons (Fsp3) is 0.105. The lowest BCUT2D eigenvalue weighted by molar-refractivity contribution is -0.122. The maximum atomic E-state index is 13.2. The zero-order chi connectivity index (χ0) is 19.5. The van der Waals surface area contributed by atoms with Crippen molar-refractivity contribution in [3.05, 3.63) is 72.8 Å². The van der Waals surface area contributed by atoms with E-state index in [0.717, 1.165) is 5.69 Å². The molecular weight excluding hydrogens is 381 g/mol. The number of anilines is 2. The highest BCUT2D eigenvalue weighted by molar-refractivity contribution is 8.14. The van der Waals surface area contributed by atoms with E-state index in [2.05, 4.69) is 15.8 Å². The average Bonchev–Trinajstić information content (AvgIpc) is 3.11. The number of para-hydroxylation sites is 1. The van der Waals surface area contributed by atoms with Gasteiger partial charge >= 0.3 is 0 Å². The maximum absolute atomic E-state index is 13.2. The van der Waals surface area contributed by atoms with Crippen molar-refractivity contribution in [2.24, 2.45) is 5.10 Å². The molecule has 0 radical (unpaired) electrons. The number of hydrogen-bond donors (Lipinski definition) is 2. The van der Waals surface area contributed by atoms with Gasteiger partial charge in [-0.25, -0.2) is 4.39 Å². The first kappa shape index (κ1) is 18.1. The highest BCUT2D eigenvalue weighted by Crippen LogP contribution is 2.25.